The molecule has 0 saturated heterocycles. The van der Waals surface area contributed by atoms with Crippen LogP contribution in [0, 0.1) is 24.7 Å². The van der Waals surface area contributed by atoms with Gasteiger partial charge in [0.15, 0.2) is 0 Å². The fourth-order valence-electron chi connectivity index (χ4n) is 1.25. The molecule has 0 aromatic heterocycles. The van der Waals surface area contributed by atoms with E-state index in [0.717, 1.165) is 0 Å². The smallest absolute Gasteiger partial charge is 0.221 e. The van der Waals surface area contributed by atoms with E-state index < -0.39 is 56.4 Å². The van der Waals surface area contributed by atoms with Crippen LogP contribution in [-0.2, 0) is 27.8 Å². The van der Waals surface area contributed by atoms with Gasteiger partial charge < -0.3 is 0 Å². The van der Waals surface area contributed by atoms with E-state index >= 15 is 0 Å². The highest BCUT2D eigenvalue weighted by Crippen LogP contribution is 2.52. The van der Waals surface area contributed by atoms with Crippen LogP contribution in [0.4, 0.5) is 26.3 Å². The van der Waals surface area contributed by atoms with E-state index in [4.69, 9.17) is 24.7 Å². The molecule has 0 spiro atoms. The average molecular weight is 457 g/mol. The van der Waals surface area contributed by atoms with E-state index in [1.54, 1.807) is 0 Å². The van der Waals surface area contributed by atoms with Crippen LogP contribution in [0.5, 0.6) is 0 Å². The summed E-state index contributed by atoms with van der Waals surface area (Å²) < 4.78 is 99.6. The summed E-state index contributed by atoms with van der Waals surface area (Å²) in [7, 11) is -5.17. The van der Waals surface area contributed by atoms with E-state index in [2.05, 4.69) is 36.4 Å². The van der Waals surface area contributed by atoms with Gasteiger partial charge in [0.05, 0.1) is 23.0 Å². The van der Waals surface area contributed by atoms with Crippen LogP contribution in [0.1, 0.15) is 12.8 Å². The Hall–Kier alpha value is -1.50. The molecule has 2 unspecified atom stereocenters. The van der Waals surface area contributed by atoms with Crippen LogP contribution in [0.2, 0.25) is 0 Å². The normalized spacial score (nSPS) is 16.3. The Labute approximate surface area is 161 Å². The van der Waals surface area contributed by atoms with Gasteiger partial charge in [0.1, 0.15) is 12.2 Å². The molecule has 0 heterocycles. The minimum Gasteiger partial charge on any atom is -0.221 e. The van der Waals surface area contributed by atoms with Crippen molar-refractivity contribution in [2.24, 2.45) is 0 Å². The zero-order chi connectivity index (χ0) is 22.2. The van der Waals surface area contributed by atoms with Gasteiger partial charge >= 0.3 is 20.2 Å². The summed E-state index contributed by atoms with van der Waals surface area (Å²) in [6, 6.07) is 0. The summed E-state index contributed by atoms with van der Waals surface area (Å²) in [6.07, 6.45) is -5.80. The molecule has 28 heavy (non-hydrogen) atoms. The molecule has 0 aliphatic heterocycles. The molecule has 0 amide bonds. The highest BCUT2D eigenvalue weighted by Gasteiger charge is 2.42. The summed E-state index contributed by atoms with van der Waals surface area (Å²) in [6.45, 7) is 5.40. The number of hydrogen-bond acceptors (Lipinski definition) is 6. The molecule has 0 aromatic rings. The molecule has 0 aromatic carbocycles. The first-order chi connectivity index (χ1) is 12.7. The molecule has 2 atom stereocenters. The molecule has 0 rings (SSSR count). The van der Waals surface area contributed by atoms with E-state index in [9.17, 15) is 30.9 Å². The Balaban J connectivity index is 5.18. The van der Waals surface area contributed by atoms with Gasteiger partial charge in [-0.2, -0.15) is 30.4 Å². The van der Waals surface area contributed by atoms with Crippen molar-refractivity contribution in [3.05, 3.63) is 24.3 Å². The van der Waals surface area contributed by atoms with Crippen molar-refractivity contribution in [3.8, 4) is 24.7 Å². The lowest BCUT2D eigenvalue weighted by Gasteiger charge is -2.22. The Morgan fingerprint density at radius 1 is 0.929 bits per heavy atom. The second kappa shape index (κ2) is 10.9. The van der Waals surface area contributed by atoms with Crippen molar-refractivity contribution in [3.63, 3.8) is 0 Å². The number of hydrogen-bond donors (Lipinski definition) is 0. The lowest BCUT2D eigenvalue weighted by Crippen LogP contribution is -2.27. The molecule has 0 aliphatic carbocycles. The van der Waals surface area contributed by atoms with E-state index in [-0.39, 0.29) is 0 Å². The second-order valence-corrected chi connectivity index (χ2v) is 6.44. The first kappa shape index (κ1) is 26.5. The summed E-state index contributed by atoms with van der Waals surface area (Å²) in [5.41, 5.74) is -3.05. The summed E-state index contributed by atoms with van der Waals surface area (Å²) in [4.78, 5) is 8.44. The van der Waals surface area contributed by atoms with Crippen molar-refractivity contribution in [1.82, 2.24) is 0 Å². The predicted molar refractivity (Wildman–Crippen MR) is 83.8 cm³/mol. The van der Waals surface area contributed by atoms with Crippen molar-refractivity contribution in [1.29, 1.82) is 0 Å². The van der Waals surface area contributed by atoms with Gasteiger partial charge in [0.2, 0.25) is 0 Å². The molecular formula is C14H12ClF6O6P. The maximum absolute atomic E-state index is 12.6. The summed E-state index contributed by atoms with van der Waals surface area (Å²) in [5, 5.41) is 0. The third kappa shape index (κ3) is 8.67. The molecule has 0 saturated carbocycles. The average Bonchev–Trinajstić information content (AvgIpc) is 2.59. The molecular weight excluding hydrogens is 445 g/mol. The van der Waals surface area contributed by atoms with Gasteiger partial charge in [0.25, 0.3) is 0 Å². The fourth-order valence-corrected chi connectivity index (χ4v) is 1.88. The predicted octanol–water partition coefficient (Wildman–Crippen LogP) is 5.18. The fraction of sp³-hybridized carbons (Fsp3) is 0.429. The van der Waals surface area contributed by atoms with Gasteiger partial charge in [-0.05, 0) is 0 Å². The lowest BCUT2D eigenvalue weighted by atomic mass is 10.1. The summed E-state index contributed by atoms with van der Waals surface area (Å²) >= 11 is 4.83. The Morgan fingerprint density at radius 2 is 1.25 bits per heavy atom. The molecule has 14 heteroatoms. The number of terminal acetylenes is 2. The van der Waals surface area contributed by atoms with Crippen LogP contribution >= 0.6 is 19.7 Å². The zero-order valence-corrected chi connectivity index (χ0v) is 15.3. The van der Waals surface area contributed by atoms with Crippen LogP contribution in [0.15, 0.2) is 24.3 Å². The minimum absolute atomic E-state index is 0.744. The Morgan fingerprint density at radius 3 is 1.46 bits per heavy atom. The molecule has 0 N–H and O–H groups in total. The van der Waals surface area contributed by atoms with Crippen molar-refractivity contribution in [2.75, 3.05) is 0 Å². The largest absolute Gasteiger partial charge is 0.545 e. The van der Waals surface area contributed by atoms with E-state index in [0.29, 0.717) is 0 Å². The first-order valence-electron chi connectivity index (χ1n) is 6.71. The van der Waals surface area contributed by atoms with Gasteiger partial charge in [-0.1, -0.05) is 13.2 Å². The molecule has 158 valence electrons. The maximum Gasteiger partial charge on any atom is 0.545 e. The third-order valence-corrected chi connectivity index (χ3v) is 3.91. The molecule has 0 aliphatic rings. The van der Waals surface area contributed by atoms with Gasteiger partial charge in [-0.25, -0.2) is 14.3 Å². The highest BCUT2D eigenvalue weighted by atomic mass is 35.5. The third-order valence-electron chi connectivity index (χ3n) is 2.70. The van der Waals surface area contributed by atoms with Crippen molar-refractivity contribution < 1.29 is 54.1 Å². The Kier molecular flexibility index (Phi) is 10.3. The number of phosphoric acid groups is 1. The SMILES string of the molecule is C#CCC(OOP(=O)(OCl)OOC(CC#C)C(=C)C(F)(F)F)C(=C)C(F)(F)F. The highest BCUT2D eigenvalue weighted by molar-refractivity contribution is 7.49. The zero-order valence-electron chi connectivity index (χ0n) is 13.7. The molecule has 0 radical (unpaired) electrons. The Bertz CT molecular complexity index is 638. The van der Waals surface area contributed by atoms with Gasteiger partial charge in [-0.3, -0.25) is 0 Å². The van der Waals surface area contributed by atoms with Gasteiger partial charge in [-0.15, -0.1) is 34.0 Å². The van der Waals surface area contributed by atoms with Gasteiger partial charge in [0, 0.05) is 12.8 Å². The minimum atomic E-state index is -5.17. The monoisotopic (exact) mass is 456 g/mol. The standard InChI is InChI=1S/C14H12ClF6O6P/c1-5-7-11(9(3)13(16,17)18)23-26-28(22,25-15)27-24-12(8-6-2)10(4)14(19,20)21/h1-2,11-12H,3-4,7-8H2. The van der Waals surface area contributed by atoms with Crippen molar-refractivity contribution in [2.45, 2.75) is 37.4 Å². The topological polar surface area (TPSA) is 63.2 Å². The second-order valence-electron chi connectivity index (χ2n) is 4.70. The van der Waals surface area contributed by atoms with Crippen LogP contribution in [0.25, 0.3) is 0 Å². The van der Waals surface area contributed by atoms with E-state index in [1.165, 1.54) is 0 Å². The van der Waals surface area contributed by atoms with E-state index in [1.807, 2.05) is 11.8 Å². The molecule has 0 fully saturated rings. The molecule has 0 bridgehead atoms. The number of halogens is 7. The number of rotatable bonds is 11. The lowest BCUT2D eigenvalue weighted by molar-refractivity contribution is -0.306. The van der Waals surface area contributed by atoms with Crippen LogP contribution in [-0.4, -0.2) is 24.6 Å². The summed E-state index contributed by atoms with van der Waals surface area (Å²) in [5.74, 6) is 3.63. The first-order valence-corrected chi connectivity index (χ1v) is 8.48. The maximum atomic E-state index is 12.6. The quantitative estimate of drug-likeness (QED) is 0.107. The van der Waals surface area contributed by atoms with Crippen molar-refractivity contribution >= 4 is 19.7 Å². The number of alkyl halides is 6. The van der Waals surface area contributed by atoms with Crippen LogP contribution in [0.3, 0.4) is 0 Å². The van der Waals surface area contributed by atoms with Crippen LogP contribution < -0.4 is 0 Å². The molecule has 6 nitrogen and oxygen atoms in total.